The smallest absolute Gasteiger partial charge is 0.119 e. The number of nitrogens with one attached hydrogen (secondary N) is 1. The molecule has 0 heterocycles. The highest BCUT2D eigenvalue weighted by molar-refractivity contribution is 5.46. The molecule has 2 rings (SSSR count). The van der Waals surface area contributed by atoms with Crippen LogP contribution in [0.4, 0.5) is 5.69 Å². The maximum Gasteiger partial charge on any atom is 0.119 e. The van der Waals surface area contributed by atoms with Crippen LogP contribution in [0, 0.1) is 5.92 Å². The number of methoxy groups -OCH3 is 1. The van der Waals surface area contributed by atoms with Crippen molar-refractivity contribution in [1.29, 1.82) is 0 Å². The van der Waals surface area contributed by atoms with Crippen LogP contribution in [0.15, 0.2) is 24.3 Å². The predicted molar refractivity (Wildman–Crippen MR) is 66.8 cm³/mol. The van der Waals surface area contributed by atoms with Crippen LogP contribution in [0.1, 0.15) is 19.3 Å². The summed E-state index contributed by atoms with van der Waals surface area (Å²) in [5.41, 5.74) is 7.04. The first-order chi connectivity index (χ1) is 7.78. The number of ether oxygens (including phenoxy) is 1. The molecule has 0 aromatic heterocycles. The highest BCUT2D eigenvalue weighted by atomic mass is 16.5. The van der Waals surface area contributed by atoms with E-state index in [9.17, 15) is 0 Å². The first kappa shape index (κ1) is 11.3. The highest BCUT2D eigenvalue weighted by Gasteiger charge is 2.21. The van der Waals surface area contributed by atoms with Crippen molar-refractivity contribution in [2.75, 3.05) is 19.0 Å². The second-order valence-electron chi connectivity index (χ2n) is 4.55. The number of nitrogens with two attached hydrogens (primary N) is 1. The maximum atomic E-state index is 5.89. The Kier molecular flexibility index (Phi) is 3.67. The van der Waals surface area contributed by atoms with Crippen LogP contribution < -0.4 is 15.8 Å². The normalized spacial score (nSPS) is 24.4. The van der Waals surface area contributed by atoms with Gasteiger partial charge in [0.05, 0.1) is 7.11 Å². The molecule has 1 saturated carbocycles. The van der Waals surface area contributed by atoms with Gasteiger partial charge in [-0.1, -0.05) is 0 Å². The van der Waals surface area contributed by atoms with Gasteiger partial charge in [-0.05, 0) is 49.4 Å². The van der Waals surface area contributed by atoms with Crippen LogP contribution >= 0.6 is 0 Å². The SMILES string of the molecule is COc1ccc(NCC2CCC(N)C2)cc1. The monoisotopic (exact) mass is 220 g/mol. The highest BCUT2D eigenvalue weighted by Crippen LogP contribution is 2.24. The van der Waals surface area contributed by atoms with E-state index in [-0.39, 0.29) is 0 Å². The Morgan fingerprint density at radius 2 is 2.06 bits per heavy atom. The molecule has 2 atom stereocenters. The molecule has 3 N–H and O–H groups in total. The third-order valence-electron chi connectivity index (χ3n) is 3.27. The number of hydrogen-bond acceptors (Lipinski definition) is 3. The largest absolute Gasteiger partial charge is 0.497 e. The van der Waals surface area contributed by atoms with E-state index in [1.165, 1.54) is 12.8 Å². The van der Waals surface area contributed by atoms with Crippen molar-refractivity contribution in [3.63, 3.8) is 0 Å². The molecule has 1 fully saturated rings. The van der Waals surface area contributed by atoms with Crippen molar-refractivity contribution in [1.82, 2.24) is 0 Å². The first-order valence-corrected chi connectivity index (χ1v) is 5.91. The van der Waals surface area contributed by atoms with Crippen LogP contribution in [0.25, 0.3) is 0 Å². The number of anilines is 1. The molecule has 1 aliphatic carbocycles. The molecule has 1 aliphatic rings. The van der Waals surface area contributed by atoms with Crippen molar-refractivity contribution >= 4 is 5.69 Å². The fourth-order valence-electron chi connectivity index (χ4n) is 2.27. The second kappa shape index (κ2) is 5.21. The average molecular weight is 220 g/mol. The van der Waals surface area contributed by atoms with Crippen LogP contribution in [-0.4, -0.2) is 19.7 Å². The molecular formula is C13H20N2O. The van der Waals surface area contributed by atoms with Crippen LogP contribution in [0.2, 0.25) is 0 Å². The summed E-state index contributed by atoms with van der Waals surface area (Å²) in [7, 11) is 1.68. The molecule has 3 heteroatoms. The average Bonchev–Trinajstić information content (AvgIpc) is 2.73. The lowest BCUT2D eigenvalue weighted by molar-refractivity contribution is 0.415. The molecule has 88 valence electrons. The minimum atomic E-state index is 0.419. The van der Waals surface area contributed by atoms with Crippen LogP contribution in [0.5, 0.6) is 5.75 Å². The van der Waals surface area contributed by atoms with Crippen LogP contribution in [0.3, 0.4) is 0 Å². The lowest BCUT2D eigenvalue weighted by Gasteiger charge is -2.12. The fraction of sp³-hybridized carbons (Fsp3) is 0.538. The Morgan fingerprint density at radius 3 is 2.62 bits per heavy atom. The van der Waals surface area contributed by atoms with Crippen molar-refractivity contribution in [3.05, 3.63) is 24.3 Å². The van der Waals surface area contributed by atoms with Crippen molar-refractivity contribution < 1.29 is 4.74 Å². The molecule has 16 heavy (non-hydrogen) atoms. The molecule has 0 spiro atoms. The van der Waals surface area contributed by atoms with Gasteiger partial charge in [-0.25, -0.2) is 0 Å². The molecule has 0 radical (unpaired) electrons. The van der Waals surface area contributed by atoms with Gasteiger partial charge in [0.25, 0.3) is 0 Å². The van der Waals surface area contributed by atoms with Gasteiger partial charge in [-0.3, -0.25) is 0 Å². The molecular weight excluding hydrogens is 200 g/mol. The van der Waals surface area contributed by atoms with Gasteiger partial charge in [0, 0.05) is 18.3 Å². The Morgan fingerprint density at radius 1 is 1.31 bits per heavy atom. The summed E-state index contributed by atoms with van der Waals surface area (Å²) in [4.78, 5) is 0. The van der Waals surface area contributed by atoms with Crippen molar-refractivity contribution in [2.24, 2.45) is 11.7 Å². The summed E-state index contributed by atoms with van der Waals surface area (Å²) in [5, 5.41) is 3.45. The molecule has 0 bridgehead atoms. The topological polar surface area (TPSA) is 47.3 Å². The Bertz CT molecular complexity index is 323. The Hall–Kier alpha value is -1.22. The molecule has 0 aliphatic heterocycles. The maximum absolute atomic E-state index is 5.89. The summed E-state index contributed by atoms with van der Waals surface area (Å²) in [5.74, 6) is 1.63. The third kappa shape index (κ3) is 2.89. The predicted octanol–water partition coefficient (Wildman–Crippen LogP) is 2.23. The molecule has 3 nitrogen and oxygen atoms in total. The minimum Gasteiger partial charge on any atom is -0.497 e. The summed E-state index contributed by atoms with van der Waals surface area (Å²) in [6.45, 7) is 1.03. The Labute approximate surface area is 97.0 Å². The van der Waals surface area contributed by atoms with Gasteiger partial charge in [0.2, 0.25) is 0 Å². The van der Waals surface area contributed by atoms with E-state index in [4.69, 9.17) is 10.5 Å². The van der Waals surface area contributed by atoms with Crippen molar-refractivity contribution in [3.8, 4) is 5.75 Å². The molecule has 1 aromatic rings. The third-order valence-corrected chi connectivity index (χ3v) is 3.27. The van der Waals surface area contributed by atoms with E-state index in [1.54, 1.807) is 7.11 Å². The van der Waals surface area contributed by atoms with Gasteiger partial charge in [-0.15, -0.1) is 0 Å². The van der Waals surface area contributed by atoms with Gasteiger partial charge in [0.15, 0.2) is 0 Å². The zero-order chi connectivity index (χ0) is 11.4. The second-order valence-corrected chi connectivity index (χ2v) is 4.55. The number of benzene rings is 1. The van der Waals surface area contributed by atoms with Crippen LogP contribution in [-0.2, 0) is 0 Å². The lowest BCUT2D eigenvalue weighted by atomic mass is 10.1. The van der Waals surface area contributed by atoms with Gasteiger partial charge in [-0.2, -0.15) is 0 Å². The van der Waals surface area contributed by atoms with Gasteiger partial charge in [0.1, 0.15) is 5.75 Å². The molecule has 0 saturated heterocycles. The number of rotatable bonds is 4. The fourth-order valence-corrected chi connectivity index (χ4v) is 2.27. The summed E-state index contributed by atoms with van der Waals surface area (Å²) in [6.07, 6.45) is 3.59. The standard InChI is InChI=1S/C13H20N2O/c1-16-13-6-4-12(5-7-13)15-9-10-2-3-11(14)8-10/h4-7,10-11,15H,2-3,8-9,14H2,1H3. The lowest BCUT2D eigenvalue weighted by Crippen LogP contribution is -2.17. The van der Waals surface area contributed by atoms with Crippen molar-refractivity contribution in [2.45, 2.75) is 25.3 Å². The summed E-state index contributed by atoms with van der Waals surface area (Å²) < 4.78 is 5.12. The van der Waals surface area contributed by atoms with Gasteiger partial charge >= 0.3 is 0 Å². The quantitative estimate of drug-likeness (QED) is 0.818. The van der Waals surface area contributed by atoms with Gasteiger partial charge < -0.3 is 15.8 Å². The summed E-state index contributed by atoms with van der Waals surface area (Å²) in [6, 6.07) is 8.47. The van der Waals surface area contributed by atoms with E-state index in [1.807, 2.05) is 24.3 Å². The minimum absolute atomic E-state index is 0.419. The Balaban J connectivity index is 1.80. The van der Waals surface area contributed by atoms with E-state index in [0.29, 0.717) is 6.04 Å². The molecule has 1 aromatic carbocycles. The van der Waals surface area contributed by atoms with E-state index in [0.717, 1.165) is 30.3 Å². The zero-order valence-electron chi connectivity index (χ0n) is 9.78. The number of hydrogen-bond donors (Lipinski definition) is 2. The first-order valence-electron chi connectivity index (χ1n) is 5.91. The molecule has 2 unspecified atom stereocenters. The van der Waals surface area contributed by atoms with E-state index >= 15 is 0 Å². The zero-order valence-corrected chi connectivity index (χ0v) is 9.78. The molecule has 0 amide bonds. The summed E-state index contributed by atoms with van der Waals surface area (Å²) >= 11 is 0. The van der Waals surface area contributed by atoms with E-state index < -0.39 is 0 Å². The van der Waals surface area contributed by atoms with E-state index in [2.05, 4.69) is 5.32 Å².